The van der Waals surface area contributed by atoms with E-state index in [0.29, 0.717) is 0 Å². The first-order valence-corrected chi connectivity index (χ1v) is 27.4. The summed E-state index contributed by atoms with van der Waals surface area (Å²) in [6.07, 6.45) is 5.90. The first-order chi connectivity index (χ1) is 34.2. The molecule has 0 saturated heterocycles. The Labute approximate surface area is 421 Å². The van der Waals surface area contributed by atoms with E-state index in [1.807, 2.05) is 12.4 Å². The van der Waals surface area contributed by atoms with Crippen molar-refractivity contribution in [3.05, 3.63) is 255 Å². The van der Waals surface area contributed by atoms with Crippen molar-refractivity contribution in [2.45, 2.75) is 0 Å². The molecule has 1 aliphatic heterocycles. The molecule has 8 heteroatoms. The number of benzene rings is 9. The largest absolute Gasteiger partial charge is 2.00 e. The van der Waals surface area contributed by atoms with E-state index >= 15 is 0 Å². The zero-order valence-electron chi connectivity index (χ0n) is 37.6. The molecule has 4 aromatic heterocycles. The van der Waals surface area contributed by atoms with Gasteiger partial charge in [0.2, 0.25) is 0 Å². The van der Waals surface area contributed by atoms with Crippen LogP contribution in [0.15, 0.2) is 247 Å². The van der Waals surface area contributed by atoms with Gasteiger partial charge in [-0.15, -0.1) is 34.8 Å². The number of aromatic nitrogens is 3. The molecule has 5 nitrogen and oxygen atoms in total. The van der Waals surface area contributed by atoms with Crippen LogP contribution in [0.5, 0.6) is 0 Å². The van der Waals surface area contributed by atoms with E-state index in [9.17, 15) is 0 Å². The van der Waals surface area contributed by atoms with Gasteiger partial charge in [0.25, 0.3) is 0 Å². The summed E-state index contributed by atoms with van der Waals surface area (Å²) >= 11 is 0. The Hall–Kier alpha value is -7.94. The molecule has 9 aromatic carbocycles. The summed E-state index contributed by atoms with van der Waals surface area (Å²) in [5.41, 5.74) is 5.68. The summed E-state index contributed by atoms with van der Waals surface area (Å²) in [6, 6.07) is 90.1. The molecule has 332 valence electrons. The second-order valence-electron chi connectivity index (χ2n) is 17.9. The van der Waals surface area contributed by atoms with Crippen LogP contribution < -0.4 is 46.4 Å². The summed E-state index contributed by atoms with van der Waals surface area (Å²) in [7, 11) is -6.32. The van der Waals surface area contributed by atoms with Crippen LogP contribution >= 0.6 is 0 Å². The first-order valence-electron chi connectivity index (χ1n) is 23.4. The number of para-hydroxylation sites is 2. The molecule has 0 spiro atoms. The topological polar surface area (TPSA) is 46.6 Å². The van der Waals surface area contributed by atoms with Gasteiger partial charge in [-0.05, 0) is 60.8 Å². The minimum atomic E-state index is -3.25. The van der Waals surface area contributed by atoms with Crippen molar-refractivity contribution >= 4 is 124 Å². The molecule has 0 unspecified atom stereocenters. The average molecular weight is 1110 g/mol. The van der Waals surface area contributed by atoms with Gasteiger partial charge in [0.05, 0.1) is 16.7 Å². The minimum Gasteiger partial charge on any atom is -0.456 e. The van der Waals surface area contributed by atoms with E-state index in [1.165, 1.54) is 36.5 Å². The van der Waals surface area contributed by atoms with Gasteiger partial charge >= 0.3 is 21.1 Å². The van der Waals surface area contributed by atoms with Gasteiger partial charge in [0.15, 0.2) is 8.07 Å². The molecule has 0 amide bonds. The van der Waals surface area contributed by atoms with E-state index in [4.69, 9.17) is 14.4 Å². The van der Waals surface area contributed by atoms with E-state index < -0.39 is 16.1 Å². The van der Waals surface area contributed by atoms with Crippen LogP contribution in [0.1, 0.15) is 0 Å². The predicted octanol–water partition coefficient (Wildman–Crippen LogP) is 9.07. The third-order valence-corrected chi connectivity index (χ3v) is 23.9. The fourth-order valence-electron chi connectivity index (χ4n) is 11.7. The number of nitrogens with zero attached hydrogens (tertiary/aromatic N) is 4. The number of furan rings is 1. The maximum atomic E-state index is 6.76. The second kappa shape index (κ2) is 16.6. The number of imidazole rings is 1. The SMILES string of the molecule is [Pt+2].[c-]1c(N2c3ncccc3[Si](c3ccccc3)(c3ccccc3)c3ccc4oc5ccccc5c4c32)cccc1[Si](c1[c-]c2c(cc1)c1ccccc1n1ccnc21)(c1ccccc1)c1ccccc1. The average Bonchev–Trinajstić information content (AvgIpc) is 4.08. The van der Waals surface area contributed by atoms with Crippen molar-refractivity contribution in [2.75, 3.05) is 4.90 Å². The molecule has 0 fully saturated rings. The van der Waals surface area contributed by atoms with Gasteiger partial charge in [0.1, 0.15) is 25.1 Å². The molecule has 13 aromatic rings. The smallest absolute Gasteiger partial charge is 0.456 e. The quantitative estimate of drug-likeness (QED) is 0.0693. The predicted molar refractivity (Wildman–Crippen MR) is 288 cm³/mol. The van der Waals surface area contributed by atoms with E-state index in [2.05, 4.69) is 252 Å². The Bertz CT molecular complexity index is 4030. The van der Waals surface area contributed by atoms with Crippen LogP contribution in [0.25, 0.3) is 49.3 Å². The molecule has 0 atom stereocenters. The molecular weight excluding hydrogens is 1070 g/mol. The standard InChI is InChI=1S/C62H40N4OSi2.Pt/c1-5-20-44(21-6-1)68(45-22-7-2-8-23-45,49-34-35-50-51-29-13-15-31-54(51)65-40-39-64-61(65)53(50)42-49)48-28-17-19-43(41-48)66-60-57(37-36-56-59(60)52-30-14-16-32-55(52)67-56)69(46-24-9-3-10-25-46,47-26-11-4-12-27-47)58-33-18-38-63-62(58)66;/h1-40H;/q-2;+2. The molecule has 5 heterocycles. The summed E-state index contributed by atoms with van der Waals surface area (Å²) in [5.74, 6) is 0.896. The van der Waals surface area contributed by atoms with Crippen LogP contribution in [-0.4, -0.2) is 30.5 Å². The van der Waals surface area contributed by atoms with Crippen molar-refractivity contribution in [1.82, 2.24) is 14.4 Å². The van der Waals surface area contributed by atoms with E-state index in [1.54, 1.807) is 0 Å². The van der Waals surface area contributed by atoms with Crippen LogP contribution in [-0.2, 0) is 21.1 Å². The van der Waals surface area contributed by atoms with Gasteiger partial charge in [-0.3, -0.25) is 4.98 Å². The van der Waals surface area contributed by atoms with Gasteiger partial charge in [0, 0.05) is 29.5 Å². The summed E-state index contributed by atoms with van der Waals surface area (Å²) in [4.78, 5) is 12.8. The van der Waals surface area contributed by atoms with Crippen molar-refractivity contribution < 1.29 is 25.5 Å². The number of rotatable bonds is 7. The Morgan fingerprint density at radius 1 is 0.471 bits per heavy atom. The number of pyridine rings is 2. The number of hydrogen-bond donors (Lipinski definition) is 0. The van der Waals surface area contributed by atoms with Crippen LogP contribution in [0, 0.1) is 12.1 Å². The summed E-state index contributed by atoms with van der Waals surface area (Å²) in [5, 5.41) is 15.2. The zero-order chi connectivity index (χ0) is 45.5. The van der Waals surface area contributed by atoms with E-state index in [0.717, 1.165) is 71.4 Å². The fraction of sp³-hybridized carbons (Fsp3) is 0. The molecule has 70 heavy (non-hydrogen) atoms. The monoisotopic (exact) mass is 1110 g/mol. The second-order valence-corrected chi connectivity index (χ2v) is 25.3. The maximum absolute atomic E-state index is 6.76. The van der Waals surface area contributed by atoms with Crippen molar-refractivity contribution in [2.24, 2.45) is 0 Å². The molecular formula is C62H40N4OPtSi2. The summed E-state index contributed by atoms with van der Waals surface area (Å²) < 4.78 is 8.96. The van der Waals surface area contributed by atoms with Gasteiger partial charge in [-0.2, -0.15) is 23.4 Å². The fourth-order valence-corrected chi connectivity index (χ4v) is 21.3. The normalized spacial score (nSPS) is 13.1. The van der Waals surface area contributed by atoms with Crippen molar-refractivity contribution in [3.8, 4) is 0 Å². The van der Waals surface area contributed by atoms with Crippen LogP contribution in [0.4, 0.5) is 17.2 Å². The molecule has 1 aliphatic rings. The number of anilines is 3. The Kier molecular flexibility index (Phi) is 10.0. The van der Waals surface area contributed by atoms with Crippen molar-refractivity contribution in [3.63, 3.8) is 0 Å². The van der Waals surface area contributed by atoms with Crippen molar-refractivity contribution in [1.29, 1.82) is 0 Å². The first kappa shape index (κ1) is 42.2. The molecule has 0 saturated carbocycles. The third kappa shape index (κ3) is 5.99. The Morgan fingerprint density at radius 3 is 1.84 bits per heavy atom. The maximum Gasteiger partial charge on any atom is 2.00 e. The third-order valence-electron chi connectivity index (χ3n) is 14.5. The molecule has 0 radical (unpaired) electrons. The molecule has 0 aliphatic carbocycles. The van der Waals surface area contributed by atoms with Crippen LogP contribution in [0.3, 0.4) is 0 Å². The van der Waals surface area contributed by atoms with E-state index in [-0.39, 0.29) is 21.1 Å². The summed E-state index contributed by atoms with van der Waals surface area (Å²) in [6.45, 7) is 0. The molecule has 0 N–H and O–H groups in total. The zero-order valence-corrected chi connectivity index (χ0v) is 41.9. The van der Waals surface area contributed by atoms with Gasteiger partial charge in [-0.1, -0.05) is 181 Å². The van der Waals surface area contributed by atoms with Crippen LogP contribution in [0.2, 0.25) is 0 Å². The minimum absolute atomic E-state index is 0. The number of hydrogen-bond acceptors (Lipinski definition) is 4. The van der Waals surface area contributed by atoms with Gasteiger partial charge in [-0.25, -0.2) is 4.98 Å². The number of fused-ring (bicyclic) bond motifs is 12. The van der Waals surface area contributed by atoms with Gasteiger partial charge < -0.3 is 13.7 Å². The molecule has 14 rings (SSSR count). The Morgan fingerprint density at radius 2 is 1.11 bits per heavy atom. The molecule has 0 bridgehead atoms. The Balaban J connectivity index is 0.00000480.